The Morgan fingerprint density at radius 2 is 1.92 bits per heavy atom. The number of methoxy groups -OCH3 is 1. The van der Waals surface area contributed by atoms with Crippen molar-refractivity contribution in [3.63, 3.8) is 0 Å². The van der Waals surface area contributed by atoms with Gasteiger partial charge >= 0.3 is 0 Å². The summed E-state index contributed by atoms with van der Waals surface area (Å²) in [5.74, 6) is 1.53. The molecule has 2 aromatic rings. The molecule has 138 valence electrons. The van der Waals surface area contributed by atoms with Gasteiger partial charge in [-0.3, -0.25) is 4.79 Å². The molecule has 0 bridgehead atoms. The average molecular weight is 354 g/mol. The fourth-order valence-electron chi connectivity index (χ4n) is 3.59. The molecule has 1 amide bonds. The number of aromatic nitrogens is 2. The van der Waals surface area contributed by atoms with Crippen LogP contribution in [-0.2, 0) is 0 Å². The summed E-state index contributed by atoms with van der Waals surface area (Å²) in [5.41, 5.74) is 2.15. The lowest BCUT2D eigenvalue weighted by Crippen LogP contribution is -2.60. The standard InChI is InChI=1S/C20H26N4O2/c1-14-16(12-21-15(2)22-14)19(25)23-10-11-24(20(3,4)13-23)17-8-6-7-9-18(17)26-5/h6-9,12H,10-11,13H2,1-5H3. The van der Waals surface area contributed by atoms with Crippen LogP contribution in [0.15, 0.2) is 30.5 Å². The maximum absolute atomic E-state index is 13.0. The number of ether oxygens (including phenoxy) is 1. The molecule has 6 nitrogen and oxygen atoms in total. The topological polar surface area (TPSA) is 58.6 Å². The van der Waals surface area contributed by atoms with Crippen molar-refractivity contribution in [2.24, 2.45) is 0 Å². The zero-order valence-electron chi connectivity index (χ0n) is 16.1. The quantitative estimate of drug-likeness (QED) is 0.848. The van der Waals surface area contributed by atoms with Crippen molar-refractivity contribution in [2.45, 2.75) is 33.2 Å². The Hall–Kier alpha value is -2.63. The number of nitrogens with zero attached hydrogens (tertiary/aromatic N) is 4. The van der Waals surface area contributed by atoms with Crippen molar-refractivity contribution in [3.05, 3.63) is 47.5 Å². The first-order chi connectivity index (χ1) is 12.3. The van der Waals surface area contributed by atoms with Crippen LogP contribution in [0.2, 0.25) is 0 Å². The van der Waals surface area contributed by atoms with Gasteiger partial charge in [-0.05, 0) is 39.8 Å². The highest BCUT2D eigenvalue weighted by Gasteiger charge is 2.37. The van der Waals surface area contributed by atoms with Crippen LogP contribution in [0.1, 0.15) is 35.7 Å². The Kier molecular flexibility index (Phi) is 4.85. The highest BCUT2D eigenvalue weighted by atomic mass is 16.5. The molecule has 0 radical (unpaired) electrons. The number of carbonyl (C=O) groups excluding carboxylic acids is 1. The third kappa shape index (κ3) is 3.36. The molecule has 0 spiro atoms. The van der Waals surface area contributed by atoms with Gasteiger partial charge in [0.1, 0.15) is 11.6 Å². The van der Waals surface area contributed by atoms with Crippen molar-refractivity contribution in [1.29, 1.82) is 0 Å². The molecular weight excluding hydrogens is 328 g/mol. The zero-order chi connectivity index (χ0) is 18.9. The molecular formula is C20H26N4O2. The lowest BCUT2D eigenvalue weighted by atomic mass is 9.96. The van der Waals surface area contributed by atoms with Crippen molar-refractivity contribution in [2.75, 3.05) is 31.6 Å². The van der Waals surface area contributed by atoms with Gasteiger partial charge in [-0.1, -0.05) is 12.1 Å². The summed E-state index contributed by atoms with van der Waals surface area (Å²) in [6, 6.07) is 8.01. The van der Waals surface area contributed by atoms with E-state index in [0.717, 1.165) is 23.7 Å². The van der Waals surface area contributed by atoms with Gasteiger partial charge in [-0.25, -0.2) is 9.97 Å². The van der Waals surface area contributed by atoms with E-state index in [9.17, 15) is 4.79 Å². The molecule has 1 saturated heterocycles. The molecule has 3 rings (SSSR count). The molecule has 2 heterocycles. The molecule has 0 atom stereocenters. The normalized spacial score (nSPS) is 16.5. The minimum Gasteiger partial charge on any atom is -0.495 e. The highest BCUT2D eigenvalue weighted by Crippen LogP contribution is 2.35. The van der Waals surface area contributed by atoms with E-state index in [1.807, 2.05) is 36.9 Å². The molecule has 1 fully saturated rings. The molecule has 1 aromatic heterocycles. The third-order valence-corrected chi connectivity index (χ3v) is 4.90. The molecule has 1 aromatic carbocycles. The second kappa shape index (κ2) is 6.94. The number of carbonyl (C=O) groups is 1. The van der Waals surface area contributed by atoms with Crippen LogP contribution in [0.4, 0.5) is 5.69 Å². The summed E-state index contributed by atoms with van der Waals surface area (Å²) in [7, 11) is 1.69. The van der Waals surface area contributed by atoms with Crippen LogP contribution in [0.5, 0.6) is 5.75 Å². The van der Waals surface area contributed by atoms with Crippen molar-refractivity contribution in [3.8, 4) is 5.75 Å². The highest BCUT2D eigenvalue weighted by molar-refractivity contribution is 5.95. The van der Waals surface area contributed by atoms with Crippen LogP contribution < -0.4 is 9.64 Å². The minimum absolute atomic E-state index is 0.00440. The van der Waals surface area contributed by atoms with Gasteiger partial charge in [0.2, 0.25) is 0 Å². The number of hydrogen-bond acceptors (Lipinski definition) is 5. The number of anilines is 1. The van der Waals surface area contributed by atoms with Crippen LogP contribution in [0, 0.1) is 13.8 Å². The first kappa shape index (κ1) is 18.2. The van der Waals surface area contributed by atoms with Gasteiger partial charge in [-0.2, -0.15) is 0 Å². The summed E-state index contributed by atoms with van der Waals surface area (Å²) >= 11 is 0. The number of piperazine rings is 1. The van der Waals surface area contributed by atoms with E-state index in [0.29, 0.717) is 24.5 Å². The Morgan fingerprint density at radius 1 is 1.19 bits per heavy atom. The number of amides is 1. The fraction of sp³-hybridized carbons (Fsp3) is 0.450. The van der Waals surface area contributed by atoms with E-state index in [-0.39, 0.29) is 11.4 Å². The van der Waals surface area contributed by atoms with Gasteiger partial charge in [0.15, 0.2) is 0 Å². The zero-order valence-corrected chi connectivity index (χ0v) is 16.1. The van der Waals surface area contributed by atoms with Crippen LogP contribution in [0.25, 0.3) is 0 Å². The Balaban J connectivity index is 1.83. The first-order valence-corrected chi connectivity index (χ1v) is 8.83. The largest absolute Gasteiger partial charge is 0.495 e. The Labute approximate surface area is 154 Å². The van der Waals surface area contributed by atoms with Crippen LogP contribution >= 0.6 is 0 Å². The number of benzene rings is 1. The second-order valence-corrected chi connectivity index (χ2v) is 7.28. The number of para-hydroxylation sites is 2. The average Bonchev–Trinajstić information content (AvgIpc) is 2.60. The summed E-state index contributed by atoms with van der Waals surface area (Å²) < 4.78 is 5.52. The molecule has 0 unspecified atom stereocenters. The molecule has 0 N–H and O–H groups in total. The van der Waals surface area contributed by atoms with E-state index in [2.05, 4.69) is 34.8 Å². The van der Waals surface area contributed by atoms with Crippen LogP contribution in [0.3, 0.4) is 0 Å². The van der Waals surface area contributed by atoms with Crippen molar-refractivity contribution >= 4 is 11.6 Å². The van der Waals surface area contributed by atoms with Crippen molar-refractivity contribution in [1.82, 2.24) is 14.9 Å². The van der Waals surface area contributed by atoms with Crippen molar-refractivity contribution < 1.29 is 9.53 Å². The summed E-state index contributed by atoms with van der Waals surface area (Å²) in [5, 5.41) is 0. The smallest absolute Gasteiger partial charge is 0.257 e. The minimum atomic E-state index is -0.220. The van der Waals surface area contributed by atoms with E-state index < -0.39 is 0 Å². The number of hydrogen-bond donors (Lipinski definition) is 0. The Bertz CT molecular complexity index is 819. The predicted molar refractivity (Wildman–Crippen MR) is 102 cm³/mol. The fourth-order valence-corrected chi connectivity index (χ4v) is 3.59. The van der Waals surface area contributed by atoms with Crippen LogP contribution in [-0.4, -0.2) is 53.1 Å². The van der Waals surface area contributed by atoms with E-state index in [4.69, 9.17) is 4.74 Å². The molecule has 1 aliphatic heterocycles. The van der Waals surface area contributed by atoms with Gasteiger partial charge < -0.3 is 14.5 Å². The maximum atomic E-state index is 13.0. The summed E-state index contributed by atoms with van der Waals surface area (Å²) in [6.07, 6.45) is 1.64. The molecule has 0 saturated carbocycles. The number of aryl methyl sites for hydroxylation is 2. The third-order valence-electron chi connectivity index (χ3n) is 4.90. The maximum Gasteiger partial charge on any atom is 0.257 e. The predicted octanol–water partition coefficient (Wildman–Crippen LogP) is 2.84. The lowest BCUT2D eigenvalue weighted by Gasteiger charge is -2.48. The van der Waals surface area contributed by atoms with Gasteiger partial charge in [0, 0.05) is 25.8 Å². The van der Waals surface area contributed by atoms with Gasteiger partial charge in [0.25, 0.3) is 5.91 Å². The van der Waals surface area contributed by atoms with E-state index in [1.165, 1.54) is 0 Å². The second-order valence-electron chi connectivity index (χ2n) is 7.28. The molecule has 1 aliphatic rings. The molecule has 0 aliphatic carbocycles. The van der Waals surface area contributed by atoms with E-state index in [1.54, 1.807) is 13.3 Å². The van der Waals surface area contributed by atoms with Gasteiger partial charge in [0.05, 0.1) is 29.6 Å². The SMILES string of the molecule is COc1ccccc1N1CCN(C(=O)c2cnc(C)nc2C)CC1(C)C. The summed E-state index contributed by atoms with van der Waals surface area (Å²) in [6.45, 7) is 10.00. The summed E-state index contributed by atoms with van der Waals surface area (Å²) in [4.78, 5) is 25.7. The Morgan fingerprint density at radius 3 is 2.58 bits per heavy atom. The monoisotopic (exact) mass is 354 g/mol. The molecule has 26 heavy (non-hydrogen) atoms. The number of rotatable bonds is 3. The van der Waals surface area contributed by atoms with E-state index >= 15 is 0 Å². The molecule has 6 heteroatoms. The lowest BCUT2D eigenvalue weighted by molar-refractivity contribution is 0.0684. The van der Waals surface area contributed by atoms with Gasteiger partial charge in [-0.15, -0.1) is 0 Å². The first-order valence-electron chi connectivity index (χ1n) is 8.83.